The number of rotatable bonds is 12. The third-order valence-electron chi connectivity index (χ3n) is 4.01. The molecule has 0 saturated heterocycles. The molecular formula is C20H32O3. The molecule has 0 aromatic heterocycles. The largest absolute Gasteiger partial charge is 0.456 e. The molecule has 3 nitrogen and oxygen atoms in total. The normalized spacial score (nSPS) is 12.1. The molecule has 1 rings (SSSR count). The van der Waals surface area contributed by atoms with Crippen molar-refractivity contribution < 1.29 is 14.3 Å². The summed E-state index contributed by atoms with van der Waals surface area (Å²) in [6.45, 7) is 4.67. The summed E-state index contributed by atoms with van der Waals surface area (Å²) in [5.41, 5.74) is 1.68. The third-order valence-corrected chi connectivity index (χ3v) is 4.01. The number of aryl methyl sites for hydroxylation is 1. The van der Waals surface area contributed by atoms with Crippen molar-refractivity contribution in [2.24, 2.45) is 0 Å². The van der Waals surface area contributed by atoms with Gasteiger partial charge in [-0.3, -0.25) is 0 Å². The van der Waals surface area contributed by atoms with Gasteiger partial charge in [0.1, 0.15) is 6.10 Å². The monoisotopic (exact) mass is 320 g/mol. The van der Waals surface area contributed by atoms with E-state index >= 15 is 0 Å². The van der Waals surface area contributed by atoms with Gasteiger partial charge >= 0.3 is 5.97 Å². The predicted octanol–water partition coefficient (Wildman–Crippen LogP) is 5.31. The minimum atomic E-state index is -0.251. The van der Waals surface area contributed by atoms with E-state index in [0.717, 1.165) is 18.4 Å². The van der Waals surface area contributed by atoms with E-state index in [1.807, 2.05) is 25.1 Å². The second-order valence-corrected chi connectivity index (χ2v) is 6.26. The molecule has 0 amide bonds. The van der Waals surface area contributed by atoms with Gasteiger partial charge in [0.15, 0.2) is 0 Å². The molecule has 0 fully saturated rings. The average molecular weight is 320 g/mol. The Labute approximate surface area is 141 Å². The molecule has 0 aliphatic carbocycles. The summed E-state index contributed by atoms with van der Waals surface area (Å²) in [5.74, 6) is -0.251. The van der Waals surface area contributed by atoms with Crippen LogP contribution in [0.25, 0.3) is 0 Å². The number of carbonyl (C=O) groups is 1. The van der Waals surface area contributed by atoms with Crippen LogP contribution >= 0.6 is 0 Å². The van der Waals surface area contributed by atoms with Crippen LogP contribution in [0.2, 0.25) is 0 Å². The molecular weight excluding hydrogens is 288 g/mol. The van der Waals surface area contributed by atoms with Crippen LogP contribution in [0.5, 0.6) is 0 Å². The fourth-order valence-corrected chi connectivity index (χ4v) is 2.68. The summed E-state index contributed by atoms with van der Waals surface area (Å²) in [7, 11) is 1.65. The Morgan fingerprint density at radius 3 is 2.43 bits per heavy atom. The Balaban J connectivity index is 2.32. The van der Waals surface area contributed by atoms with Crippen molar-refractivity contribution >= 4 is 5.97 Å². The van der Waals surface area contributed by atoms with Crippen LogP contribution in [0.3, 0.4) is 0 Å². The highest BCUT2D eigenvalue weighted by Gasteiger charge is 2.15. The summed E-state index contributed by atoms with van der Waals surface area (Å²) in [5, 5.41) is 0. The zero-order chi connectivity index (χ0) is 16.9. The smallest absolute Gasteiger partial charge is 0.338 e. The molecule has 0 saturated carbocycles. The molecule has 1 unspecified atom stereocenters. The lowest BCUT2D eigenvalue weighted by Crippen LogP contribution is -2.23. The van der Waals surface area contributed by atoms with Crippen molar-refractivity contribution in [2.75, 3.05) is 13.7 Å². The molecule has 3 heteroatoms. The Morgan fingerprint density at radius 1 is 1.09 bits per heavy atom. The van der Waals surface area contributed by atoms with E-state index in [1.54, 1.807) is 13.2 Å². The van der Waals surface area contributed by atoms with E-state index in [-0.39, 0.29) is 12.1 Å². The predicted molar refractivity (Wildman–Crippen MR) is 94.9 cm³/mol. The van der Waals surface area contributed by atoms with E-state index < -0.39 is 0 Å². The van der Waals surface area contributed by atoms with Crippen molar-refractivity contribution in [3.8, 4) is 0 Å². The Hall–Kier alpha value is -1.35. The fourth-order valence-electron chi connectivity index (χ4n) is 2.68. The molecule has 1 aromatic rings. The van der Waals surface area contributed by atoms with Crippen molar-refractivity contribution in [2.45, 2.75) is 71.3 Å². The van der Waals surface area contributed by atoms with E-state index in [9.17, 15) is 4.79 Å². The zero-order valence-electron chi connectivity index (χ0n) is 15.0. The molecule has 0 aliphatic heterocycles. The number of ether oxygens (including phenoxy) is 2. The summed E-state index contributed by atoms with van der Waals surface area (Å²) >= 11 is 0. The van der Waals surface area contributed by atoms with E-state index in [1.165, 1.54) is 38.5 Å². The first-order chi connectivity index (χ1) is 11.2. The first kappa shape index (κ1) is 19.7. The van der Waals surface area contributed by atoms with Crippen molar-refractivity contribution in [3.05, 3.63) is 35.4 Å². The topological polar surface area (TPSA) is 35.5 Å². The second-order valence-electron chi connectivity index (χ2n) is 6.26. The number of unbranched alkanes of at least 4 members (excludes halogenated alkanes) is 6. The lowest BCUT2D eigenvalue weighted by molar-refractivity contribution is 0.00236. The number of carbonyl (C=O) groups excluding carboxylic acids is 1. The Bertz CT molecular complexity index is 442. The van der Waals surface area contributed by atoms with Crippen molar-refractivity contribution in [1.29, 1.82) is 0 Å². The highest BCUT2D eigenvalue weighted by molar-refractivity contribution is 5.89. The van der Waals surface area contributed by atoms with E-state index in [4.69, 9.17) is 9.47 Å². The van der Waals surface area contributed by atoms with Gasteiger partial charge in [-0.2, -0.15) is 0 Å². The zero-order valence-corrected chi connectivity index (χ0v) is 15.0. The number of hydrogen-bond donors (Lipinski definition) is 0. The van der Waals surface area contributed by atoms with E-state index in [2.05, 4.69) is 6.92 Å². The minimum absolute atomic E-state index is 0.149. The summed E-state index contributed by atoms with van der Waals surface area (Å²) in [6.07, 6.45) is 9.54. The van der Waals surface area contributed by atoms with E-state index in [0.29, 0.717) is 12.2 Å². The first-order valence-corrected chi connectivity index (χ1v) is 8.94. The van der Waals surface area contributed by atoms with Crippen LogP contribution in [-0.2, 0) is 9.47 Å². The fraction of sp³-hybridized carbons (Fsp3) is 0.650. The van der Waals surface area contributed by atoms with Crippen LogP contribution in [0.15, 0.2) is 24.3 Å². The minimum Gasteiger partial charge on any atom is -0.456 e. The van der Waals surface area contributed by atoms with Crippen LogP contribution in [0, 0.1) is 6.92 Å². The average Bonchev–Trinajstić information content (AvgIpc) is 2.54. The number of hydrogen-bond acceptors (Lipinski definition) is 3. The SMILES string of the molecule is CCCCCCCCCC(COC)OC(=O)c1cccc(C)c1. The maximum Gasteiger partial charge on any atom is 0.338 e. The van der Waals surface area contributed by atoms with Gasteiger partial charge in [0.2, 0.25) is 0 Å². The van der Waals surface area contributed by atoms with Crippen LogP contribution in [0.4, 0.5) is 0 Å². The van der Waals surface area contributed by atoms with Crippen LogP contribution in [-0.4, -0.2) is 25.8 Å². The van der Waals surface area contributed by atoms with Crippen LogP contribution in [0.1, 0.15) is 74.2 Å². The third kappa shape index (κ3) is 8.75. The molecule has 0 spiro atoms. The molecule has 23 heavy (non-hydrogen) atoms. The van der Waals surface area contributed by atoms with Gasteiger partial charge in [0.25, 0.3) is 0 Å². The highest BCUT2D eigenvalue weighted by Crippen LogP contribution is 2.14. The Kier molecular flexibility index (Phi) is 10.4. The maximum absolute atomic E-state index is 12.2. The standard InChI is InChI=1S/C20H32O3/c1-4-5-6-7-8-9-10-14-19(16-22-3)23-20(21)18-13-11-12-17(2)15-18/h11-13,15,19H,4-10,14,16H2,1-3H3. The molecule has 0 bridgehead atoms. The summed E-state index contributed by atoms with van der Waals surface area (Å²) in [4.78, 5) is 12.2. The molecule has 0 radical (unpaired) electrons. The maximum atomic E-state index is 12.2. The van der Waals surface area contributed by atoms with Gasteiger partial charge in [-0.1, -0.05) is 63.1 Å². The molecule has 0 N–H and O–H groups in total. The van der Waals surface area contributed by atoms with Crippen LogP contribution < -0.4 is 0 Å². The lowest BCUT2D eigenvalue weighted by Gasteiger charge is -2.17. The Morgan fingerprint density at radius 2 is 1.78 bits per heavy atom. The molecule has 0 aliphatic rings. The number of benzene rings is 1. The summed E-state index contributed by atoms with van der Waals surface area (Å²) in [6, 6.07) is 7.52. The molecule has 1 atom stereocenters. The van der Waals surface area contributed by atoms with Crippen molar-refractivity contribution in [3.63, 3.8) is 0 Å². The van der Waals surface area contributed by atoms with Gasteiger partial charge in [-0.15, -0.1) is 0 Å². The molecule has 1 aromatic carbocycles. The number of methoxy groups -OCH3 is 1. The van der Waals surface area contributed by atoms with Gasteiger partial charge < -0.3 is 9.47 Å². The summed E-state index contributed by atoms with van der Waals surface area (Å²) < 4.78 is 10.8. The lowest BCUT2D eigenvalue weighted by atomic mass is 10.1. The first-order valence-electron chi connectivity index (χ1n) is 8.94. The van der Waals surface area contributed by atoms with Gasteiger partial charge in [-0.05, 0) is 31.9 Å². The number of esters is 1. The molecule has 0 heterocycles. The molecule has 130 valence electrons. The van der Waals surface area contributed by atoms with Gasteiger partial charge in [-0.25, -0.2) is 4.79 Å². The van der Waals surface area contributed by atoms with Crippen molar-refractivity contribution in [1.82, 2.24) is 0 Å². The van der Waals surface area contributed by atoms with Gasteiger partial charge in [0, 0.05) is 7.11 Å². The quantitative estimate of drug-likeness (QED) is 0.387. The van der Waals surface area contributed by atoms with Gasteiger partial charge in [0.05, 0.1) is 12.2 Å². The second kappa shape index (κ2) is 12.1. The highest BCUT2D eigenvalue weighted by atomic mass is 16.6.